The highest BCUT2D eigenvalue weighted by Gasteiger charge is 2.10. The molecule has 2 amide bonds. The second-order valence-corrected chi connectivity index (χ2v) is 4.07. The van der Waals surface area contributed by atoms with Gasteiger partial charge in [-0.3, -0.25) is 0 Å². The smallest absolute Gasteiger partial charge is 0.320 e. The lowest BCUT2D eigenvalue weighted by Gasteiger charge is -2.21. The van der Waals surface area contributed by atoms with Crippen LogP contribution in [0.1, 0.15) is 26.7 Å². The standard InChI is InChI=1S/C14H22N2O2/c1-3-10-16(11-4-2)14(17)15-12-18-13-8-6-5-7-9-13/h5-9H,3-4,10-12H2,1-2H3,(H,15,17). The summed E-state index contributed by atoms with van der Waals surface area (Å²) in [4.78, 5) is 13.7. The Morgan fingerprint density at radius 2 is 1.78 bits per heavy atom. The molecule has 1 aromatic carbocycles. The fraction of sp³-hybridized carbons (Fsp3) is 0.500. The van der Waals surface area contributed by atoms with Crippen LogP contribution in [0.25, 0.3) is 0 Å². The Bertz CT molecular complexity index is 335. The average Bonchev–Trinajstić information content (AvgIpc) is 2.39. The molecule has 0 aliphatic carbocycles. The average molecular weight is 250 g/mol. The number of hydrogen-bond donors (Lipinski definition) is 1. The highest BCUT2D eigenvalue weighted by Crippen LogP contribution is 2.07. The van der Waals surface area contributed by atoms with Gasteiger partial charge in [-0.25, -0.2) is 4.79 Å². The van der Waals surface area contributed by atoms with Crippen LogP contribution in [-0.2, 0) is 0 Å². The van der Waals surface area contributed by atoms with E-state index in [4.69, 9.17) is 4.74 Å². The molecule has 0 aliphatic heterocycles. The molecule has 0 bridgehead atoms. The lowest BCUT2D eigenvalue weighted by molar-refractivity contribution is 0.184. The van der Waals surface area contributed by atoms with E-state index in [-0.39, 0.29) is 12.8 Å². The third-order valence-electron chi connectivity index (χ3n) is 2.48. The van der Waals surface area contributed by atoms with Crippen molar-refractivity contribution in [3.05, 3.63) is 30.3 Å². The second kappa shape index (κ2) is 8.39. The zero-order chi connectivity index (χ0) is 13.2. The normalized spacial score (nSPS) is 9.89. The van der Waals surface area contributed by atoms with Gasteiger partial charge in [0.2, 0.25) is 0 Å². The van der Waals surface area contributed by atoms with Crippen LogP contribution in [0.2, 0.25) is 0 Å². The van der Waals surface area contributed by atoms with E-state index in [2.05, 4.69) is 19.2 Å². The fourth-order valence-electron chi connectivity index (χ4n) is 1.66. The molecular formula is C14H22N2O2. The number of nitrogens with one attached hydrogen (secondary N) is 1. The number of nitrogens with zero attached hydrogens (tertiary/aromatic N) is 1. The predicted octanol–water partition coefficient (Wildman–Crippen LogP) is 2.85. The quantitative estimate of drug-likeness (QED) is 0.756. The maximum atomic E-state index is 11.8. The highest BCUT2D eigenvalue weighted by molar-refractivity contribution is 5.73. The van der Waals surface area contributed by atoms with Gasteiger partial charge in [-0.2, -0.15) is 0 Å². The maximum Gasteiger partial charge on any atom is 0.320 e. The Hall–Kier alpha value is -1.71. The number of para-hydroxylation sites is 1. The van der Waals surface area contributed by atoms with Gasteiger partial charge in [-0.1, -0.05) is 32.0 Å². The van der Waals surface area contributed by atoms with Gasteiger partial charge in [0.1, 0.15) is 5.75 Å². The summed E-state index contributed by atoms with van der Waals surface area (Å²) in [5.41, 5.74) is 0. The summed E-state index contributed by atoms with van der Waals surface area (Å²) in [6.45, 7) is 5.90. The third kappa shape index (κ3) is 5.08. The first-order valence-electron chi connectivity index (χ1n) is 6.48. The van der Waals surface area contributed by atoms with Crippen molar-refractivity contribution < 1.29 is 9.53 Å². The van der Waals surface area contributed by atoms with E-state index in [1.807, 2.05) is 35.2 Å². The van der Waals surface area contributed by atoms with Crippen molar-refractivity contribution in [1.29, 1.82) is 0 Å². The number of rotatable bonds is 7. The molecule has 0 aromatic heterocycles. The summed E-state index contributed by atoms with van der Waals surface area (Å²) in [6, 6.07) is 9.39. The topological polar surface area (TPSA) is 41.6 Å². The van der Waals surface area contributed by atoms with Crippen LogP contribution in [0.5, 0.6) is 5.75 Å². The van der Waals surface area contributed by atoms with E-state index in [0.717, 1.165) is 31.7 Å². The van der Waals surface area contributed by atoms with Crippen LogP contribution in [0.15, 0.2) is 30.3 Å². The lowest BCUT2D eigenvalue weighted by atomic mass is 10.3. The van der Waals surface area contributed by atoms with Crippen molar-refractivity contribution in [3.63, 3.8) is 0 Å². The van der Waals surface area contributed by atoms with Crippen molar-refractivity contribution in [2.24, 2.45) is 0 Å². The van der Waals surface area contributed by atoms with Gasteiger partial charge in [0, 0.05) is 13.1 Å². The number of benzene rings is 1. The first kappa shape index (κ1) is 14.4. The van der Waals surface area contributed by atoms with E-state index >= 15 is 0 Å². The molecule has 1 aromatic rings. The van der Waals surface area contributed by atoms with Crippen molar-refractivity contribution in [2.45, 2.75) is 26.7 Å². The van der Waals surface area contributed by atoms with E-state index in [1.165, 1.54) is 0 Å². The fourth-order valence-corrected chi connectivity index (χ4v) is 1.66. The molecular weight excluding hydrogens is 228 g/mol. The molecule has 0 aliphatic rings. The van der Waals surface area contributed by atoms with Gasteiger partial charge >= 0.3 is 6.03 Å². The highest BCUT2D eigenvalue weighted by atomic mass is 16.5. The number of hydrogen-bond acceptors (Lipinski definition) is 2. The Morgan fingerprint density at radius 1 is 1.17 bits per heavy atom. The molecule has 100 valence electrons. The van der Waals surface area contributed by atoms with Crippen LogP contribution in [0, 0.1) is 0 Å². The van der Waals surface area contributed by atoms with Crippen LogP contribution < -0.4 is 10.1 Å². The molecule has 4 heteroatoms. The van der Waals surface area contributed by atoms with Gasteiger partial charge in [0.25, 0.3) is 0 Å². The molecule has 0 spiro atoms. The number of amides is 2. The zero-order valence-corrected chi connectivity index (χ0v) is 11.2. The summed E-state index contributed by atoms with van der Waals surface area (Å²) >= 11 is 0. The second-order valence-electron chi connectivity index (χ2n) is 4.07. The molecule has 1 rings (SSSR count). The van der Waals surface area contributed by atoms with Crippen LogP contribution in [0.4, 0.5) is 4.79 Å². The zero-order valence-electron chi connectivity index (χ0n) is 11.2. The van der Waals surface area contributed by atoms with E-state index in [0.29, 0.717) is 0 Å². The minimum absolute atomic E-state index is 0.0605. The lowest BCUT2D eigenvalue weighted by Crippen LogP contribution is -2.42. The van der Waals surface area contributed by atoms with E-state index < -0.39 is 0 Å². The number of carbonyl (C=O) groups is 1. The van der Waals surface area contributed by atoms with Crippen LogP contribution in [0.3, 0.4) is 0 Å². The van der Waals surface area contributed by atoms with Gasteiger partial charge in [-0.05, 0) is 25.0 Å². The van der Waals surface area contributed by atoms with Crippen molar-refractivity contribution >= 4 is 6.03 Å². The SMILES string of the molecule is CCCN(CCC)C(=O)NCOc1ccccc1. The van der Waals surface area contributed by atoms with E-state index in [9.17, 15) is 4.79 Å². The minimum Gasteiger partial charge on any atom is -0.473 e. The van der Waals surface area contributed by atoms with Crippen LogP contribution in [-0.4, -0.2) is 30.8 Å². The Labute approximate surface area is 109 Å². The summed E-state index contributed by atoms with van der Waals surface area (Å²) in [7, 11) is 0. The van der Waals surface area contributed by atoms with Crippen molar-refractivity contribution in [2.75, 3.05) is 19.8 Å². The molecule has 0 fully saturated rings. The van der Waals surface area contributed by atoms with E-state index in [1.54, 1.807) is 0 Å². The first-order chi connectivity index (χ1) is 8.77. The van der Waals surface area contributed by atoms with Crippen molar-refractivity contribution in [1.82, 2.24) is 10.2 Å². The largest absolute Gasteiger partial charge is 0.473 e. The maximum absolute atomic E-state index is 11.8. The molecule has 0 unspecified atom stereocenters. The summed E-state index contributed by atoms with van der Waals surface area (Å²) in [5, 5.41) is 2.77. The summed E-state index contributed by atoms with van der Waals surface area (Å²) in [5.74, 6) is 0.760. The third-order valence-corrected chi connectivity index (χ3v) is 2.48. The Kier molecular flexibility index (Phi) is 6.69. The molecule has 0 atom stereocenters. The summed E-state index contributed by atoms with van der Waals surface area (Å²) in [6.07, 6.45) is 1.93. The molecule has 0 radical (unpaired) electrons. The molecule has 0 heterocycles. The van der Waals surface area contributed by atoms with Gasteiger partial charge in [-0.15, -0.1) is 0 Å². The number of urea groups is 1. The monoisotopic (exact) mass is 250 g/mol. The summed E-state index contributed by atoms with van der Waals surface area (Å²) < 4.78 is 5.42. The van der Waals surface area contributed by atoms with Gasteiger partial charge in [0.15, 0.2) is 6.73 Å². The molecule has 4 nitrogen and oxygen atoms in total. The molecule has 1 N–H and O–H groups in total. The molecule has 0 saturated carbocycles. The first-order valence-corrected chi connectivity index (χ1v) is 6.48. The van der Waals surface area contributed by atoms with Gasteiger partial charge in [0.05, 0.1) is 0 Å². The van der Waals surface area contributed by atoms with Crippen LogP contribution >= 0.6 is 0 Å². The Morgan fingerprint density at radius 3 is 2.33 bits per heavy atom. The minimum atomic E-state index is -0.0605. The van der Waals surface area contributed by atoms with Gasteiger partial charge < -0.3 is 15.0 Å². The molecule has 18 heavy (non-hydrogen) atoms. The predicted molar refractivity (Wildman–Crippen MR) is 72.6 cm³/mol. The number of carbonyl (C=O) groups excluding carboxylic acids is 1. The number of ether oxygens (including phenoxy) is 1. The Balaban J connectivity index is 2.30. The molecule has 0 saturated heterocycles. The van der Waals surface area contributed by atoms with Crippen molar-refractivity contribution in [3.8, 4) is 5.75 Å².